The standard InChI is InChI=1S/C14H13N3O/c1-2-17-14-11(9-15-17)13(18)8-12(16-14)10-6-4-3-5-7-10/h3-9H,2H2,1H3,(H,16,18). The first-order chi connectivity index (χ1) is 8.79. The topological polar surface area (TPSA) is 50.9 Å². The first kappa shape index (κ1) is 10.8. The molecule has 0 spiro atoms. The summed E-state index contributed by atoms with van der Waals surface area (Å²) in [6.45, 7) is 2.73. The zero-order chi connectivity index (χ0) is 12.5. The van der Waals surface area contributed by atoms with E-state index in [4.69, 9.17) is 0 Å². The molecule has 0 unspecified atom stereocenters. The van der Waals surface area contributed by atoms with Crippen molar-refractivity contribution >= 4 is 11.0 Å². The van der Waals surface area contributed by atoms with Crippen molar-refractivity contribution in [2.45, 2.75) is 13.5 Å². The predicted octanol–water partition coefficient (Wildman–Crippen LogP) is 2.82. The van der Waals surface area contributed by atoms with Gasteiger partial charge >= 0.3 is 0 Å². The van der Waals surface area contributed by atoms with Crippen LogP contribution in [0, 0.1) is 0 Å². The Bertz CT molecular complexity index is 689. The molecule has 0 saturated heterocycles. The maximum Gasteiger partial charge on any atom is 0.162 e. The first-order valence-electron chi connectivity index (χ1n) is 5.90. The Hall–Kier alpha value is -2.36. The van der Waals surface area contributed by atoms with Crippen molar-refractivity contribution in [3.05, 3.63) is 42.6 Å². The van der Waals surface area contributed by atoms with Gasteiger partial charge in [0.05, 0.1) is 17.3 Å². The van der Waals surface area contributed by atoms with E-state index in [0.29, 0.717) is 5.39 Å². The van der Waals surface area contributed by atoms with E-state index in [9.17, 15) is 5.11 Å². The van der Waals surface area contributed by atoms with Crippen molar-refractivity contribution in [2.75, 3.05) is 0 Å². The van der Waals surface area contributed by atoms with Crippen molar-refractivity contribution in [3.63, 3.8) is 0 Å². The van der Waals surface area contributed by atoms with Crippen molar-refractivity contribution in [2.24, 2.45) is 0 Å². The summed E-state index contributed by atoms with van der Waals surface area (Å²) in [6.07, 6.45) is 1.65. The molecule has 90 valence electrons. The molecule has 0 radical (unpaired) electrons. The van der Waals surface area contributed by atoms with Crippen LogP contribution in [-0.2, 0) is 6.54 Å². The lowest BCUT2D eigenvalue weighted by Crippen LogP contribution is -1.98. The summed E-state index contributed by atoms with van der Waals surface area (Å²) < 4.78 is 1.78. The third-order valence-electron chi connectivity index (χ3n) is 2.96. The molecule has 2 aromatic heterocycles. The van der Waals surface area contributed by atoms with Crippen LogP contribution in [0.25, 0.3) is 22.3 Å². The molecule has 0 aliphatic carbocycles. The molecule has 4 nitrogen and oxygen atoms in total. The summed E-state index contributed by atoms with van der Waals surface area (Å²) in [6, 6.07) is 11.5. The molecule has 0 aliphatic rings. The van der Waals surface area contributed by atoms with E-state index < -0.39 is 0 Å². The lowest BCUT2D eigenvalue weighted by Gasteiger charge is -2.04. The highest BCUT2D eigenvalue weighted by atomic mass is 16.3. The molecule has 0 bridgehead atoms. The highest BCUT2D eigenvalue weighted by molar-refractivity contribution is 5.84. The second kappa shape index (κ2) is 4.14. The number of rotatable bonds is 2. The van der Waals surface area contributed by atoms with Crippen LogP contribution in [0.5, 0.6) is 5.75 Å². The number of hydrogen-bond donors (Lipinski definition) is 1. The van der Waals surface area contributed by atoms with Crippen LogP contribution in [-0.4, -0.2) is 19.9 Å². The molecule has 0 aliphatic heterocycles. The van der Waals surface area contributed by atoms with Gasteiger partial charge in [0, 0.05) is 18.2 Å². The van der Waals surface area contributed by atoms with E-state index in [1.165, 1.54) is 0 Å². The Balaban J connectivity index is 2.26. The lowest BCUT2D eigenvalue weighted by molar-refractivity contribution is 0.481. The van der Waals surface area contributed by atoms with E-state index in [-0.39, 0.29) is 5.75 Å². The van der Waals surface area contributed by atoms with Gasteiger partial charge in [-0.15, -0.1) is 0 Å². The minimum atomic E-state index is 0.221. The average molecular weight is 239 g/mol. The van der Waals surface area contributed by atoms with E-state index in [1.54, 1.807) is 16.9 Å². The summed E-state index contributed by atoms with van der Waals surface area (Å²) in [5.41, 5.74) is 2.46. The van der Waals surface area contributed by atoms with Gasteiger partial charge < -0.3 is 5.11 Å². The Labute approximate surface area is 105 Å². The summed E-state index contributed by atoms with van der Waals surface area (Å²) >= 11 is 0. The minimum absolute atomic E-state index is 0.221. The molecular formula is C14H13N3O. The molecule has 4 heteroatoms. The summed E-state index contributed by atoms with van der Waals surface area (Å²) in [4.78, 5) is 4.58. The average Bonchev–Trinajstić information content (AvgIpc) is 2.83. The van der Waals surface area contributed by atoms with Crippen molar-refractivity contribution in [3.8, 4) is 17.0 Å². The van der Waals surface area contributed by atoms with E-state index in [1.807, 2.05) is 37.3 Å². The van der Waals surface area contributed by atoms with Gasteiger partial charge in [-0.1, -0.05) is 30.3 Å². The number of nitrogens with zero attached hydrogens (tertiary/aromatic N) is 3. The molecule has 3 rings (SSSR count). The van der Waals surface area contributed by atoms with Crippen LogP contribution in [0.2, 0.25) is 0 Å². The fourth-order valence-electron chi connectivity index (χ4n) is 2.02. The fraction of sp³-hybridized carbons (Fsp3) is 0.143. The molecule has 18 heavy (non-hydrogen) atoms. The van der Waals surface area contributed by atoms with Gasteiger partial charge in [0.2, 0.25) is 0 Å². The maximum absolute atomic E-state index is 10.0. The lowest BCUT2D eigenvalue weighted by atomic mass is 10.1. The number of pyridine rings is 1. The highest BCUT2D eigenvalue weighted by Gasteiger charge is 2.10. The summed E-state index contributed by atoms with van der Waals surface area (Å²) in [5.74, 6) is 0.221. The van der Waals surface area contributed by atoms with Crippen LogP contribution in [0.4, 0.5) is 0 Å². The van der Waals surface area contributed by atoms with Crippen LogP contribution < -0.4 is 0 Å². The predicted molar refractivity (Wildman–Crippen MR) is 70.3 cm³/mol. The minimum Gasteiger partial charge on any atom is -0.507 e. The zero-order valence-electron chi connectivity index (χ0n) is 10.0. The SMILES string of the molecule is CCn1ncc2c(O)cc(-c3ccccc3)nc21. The van der Waals surface area contributed by atoms with Gasteiger partial charge in [0.15, 0.2) is 5.65 Å². The van der Waals surface area contributed by atoms with E-state index in [0.717, 1.165) is 23.4 Å². The first-order valence-corrected chi connectivity index (χ1v) is 5.90. The second-order valence-corrected chi connectivity index (χ2v) is 4.09. The molecule has 1 N–H and O–H groups in total. The molecule has 0 amide bonds. The quantitative estimate of drug-likeness (QED) is 0.748. The van der Waals surface area contributed by atoms with Gasteiger partial charge in [0.1, 0.15) is 5.75 Å². The van der Waals surface area contributed by atoms with Crippen LogP contribution in [0.3, 0.4) is 0 Å². The Morgan fingerprint density at radius 2 is 2.00 bits per heavy atom. The molecule has 1 aromatic carbocycles. The number of aromatic nitrogens is 3. The van der Waals surface area contributed by atoms with Crippen LogP contribution >= 0.6 is 0 Å². The van der Waals surface area contributed by atoms with Gasteiger partial charge in [-0.3, -0.25) is 0 Å². The van der Waals surface area contributed by atoms with Crippen LogP contribution in [0.15, 0.2) is 42.6 Å². The van der Waals surface area contributed by atoms with Crippen molar-refractivity contribution in [1.82, 2.24) is 14.8 Å². The molecule has 2 heterocycles. The Morgan fingerprint density at radius 1 is 1.22 bits per heavy atom. The van der Waals surface area contributed by atoms with Crippen molar-refractivity contribution in [1.29, 1.82) is 0 Å². The molecule has 0 fully saturated rings. The van der Waals surface area contributed by atoms with E-state index >= 15 is 0 Å². The number of benzene rings is 1. The van der Waals surface area contributed by atoms with Gasteiger partial charge in [-0.2, -0.15) is 5.10 Å². The highest BCUT2D eigenvalue weighted by Crippen LogP contribution is 2.28. The van der Waals surface area contributed by atoms with Gasteiger partial charge in [0.25, 0.3) is 0 Å². The third-order valence-corrected chi connectivity index (χ3v) is 2.96. The molecule has 0 saturated carbocycles. The molecule has 3 aromatic rings. The number of aryl methyl sites for hydroxylation is 1. The normalized spacial score (nSPS) is 10.9. The number of hydrogen-bond acceptors (Lipinski definition) is 3. The zero-order valence-corrected chi connectivity index (χ0v) is 10.0. The monoisotopic (exact) mass is 239 g/mol. The number of aromatic hydroxyl groups is 1. The van der Waals surface area contributed by atoms with E-state index in [2.05, 4.69) is 10.1 Å². The summed E-state index contributed by atoms with van der Waals surface area (Å²) in [7, 11) is 0. The number of fused-ring (bicyclic) bond motifs is 1. The van der Waals surface area contributed by atoms with Crippen molar-refractivity contribution < 1.29 is 5.11 Å². The van der Waals surface area contributed by atoms with Gasteiger partial charge in [-0.05, 0) is 6.92 Å². The third kappa shape index (κ3) is 1.62. The molecule has 0 atom stereocenters. The van der Waals surface area contributed by atoms with Crippen LogP contribution in [0.1, 0.15) is 6.92 Å². The fourth-order valence-corrected chi connectivity index (χ4v) is 2.02. The Kier molecular flexibility index (Phi) is 2.48. The van der Waals surface area contributed by atoms with Gasteiger partial charge in [-0.25, -0.2) is 9.67 Å². The smallest absolute Gasteiger partial charge is 0.162 e. The largest absolute Gasteiger partial charge is 0.507 e. The second-order valence-electron chi connectivity index (χ2n) is 4.09. The molecular weight excluding hydrogens is 226 g/mol. The Morgan fingerprint density at radius 3 is 2.72 bits per heavy atom. The summed E-state index contributed by atoms with van der Waals surface area (Å²) in [5, 5.41) is 14.9. The maximum atomic E-state index is 10.0.